The minimum absolute atomic E-state index is 0.442. The van der Waals surface area contributed by atoms with Gasteiger partial charge in [0.1, 0.15) is 0 Å². The van der Waals surface area contributed by atoms with Crippen LogP contribution in [0.25, 0.3) is 21.5 Å². The molecule has 1 atom stereocenters. The molecule has 1 aliphatic heterocycles. The Kier molecular flexibility index (Phi) is 2.51. The molecule has 21 heavy (non-hydrogen) atoms. The molecule has 0 N–H and O–H groups in total. The Bertz CT molecular complexity index is 869. The van der Waals surface area contributed by atoms with Crippen LogP contribution in [0.2, 0.25) is 0 Å². The first-order valence-electron chi connectivity index (χ1n) is 6.67. The molecule has 0 saturated heterocycles. The van der Waals surface area contributed by atoms with Crippen molar-refractivity contribution in [1.82, 2.24) is 0 Å². The first-order chi connectivity index (χ1) is 10.2. The van der Waals surface area contributed by atoms with Crippen molar-refractivity contribution >= 4 is 27.5 Å². The summed E-state index contributed by atoms with van der Waals surface area (Å²) in [7, 11) is 0. The molecule has 0 spiro atoms. The fourth-order valence-electron chi connectivity index (χ4n) is 2.66. The van der Waals surface area contributed by atoms with Crippen molar-refractivity contribution < 1.29 is 19.0 Å². The lowest BCUT2D eigenvalue weighted by molar-refractivity contribution is -0.192. The van der Waals surface area contributed by atoms with Gasteiger partial charge in [-0.2, -0.15) is 0 Å². The van der Waals surface area contributed by atoms with Gasteiger partial charge >= 0.3 is 12.4 Å². The van der Waals surface area contributed by atoms with Gasteiger partial charge in [-0.05, 0) is 34.4 Å². The molecule has 104 valence electrons. The summed E-state index contributed by atoms with van der Waals surface area (Å²) < 4.78 is 16.0. The van der Waals surface area contributed by atoms with Crippen molar-refractivity contribution in [3.8, 4) is 11.5 Å². The van der Waals surface area contributed by atoms with Crippen LogP contribution in [-0.2, 0) is 9.53 Å². The number of esters is 1. The predicted molar refractivity (Wildman–Crippen MR) is 78.3 cm³/mol. The number of rotatable bonds is 1. The number of hydrogen-bond acceptors (Lipinski definition) is 4. The van der Waals surface area contributed by atoms with Crippen molar-refractivity contribution in [3.05, 3.63) is 48.5 Å². The van der Waals surface area contributed by atoms with Gasteiger partial charge in [-0.15, -0.1) is 0 Å². The zero-order valence-electron chi connectivity index (χ0n) is 11.3. The fraction of sp³-hybridized carbons (Fsp3) is 0.118. The van der Waals surface area contributed by atoms with Crippen molar-refractivity contribution in [2.45, 2.75) is 13.4 Å². The number of carbonyl (C=O) groups excluding carboxylic acids is 1. The molecule has 0 saturated carbocycles. The molecule has 0 radical (unpaired) electrons. The molecular weight excluding hydrogens is 268 g/mol. The maximum Gasteiger partial charge on any atom is 0.408 e. The van der Waals surface area contributed by atoms with Gasteiger partial charge in [0.15, 0.2) is 11.5 Å². The molecule has 0 bridgehead atoms. The van der Waals surface area contributed by atoms with Gasteiger partial charge in [0.05, 0.1) is 0 Å². The van der Waals surface area contributed by atoms with Crippen molar-refractivity contribution in [2.24, 2.45) is 0 Å². The summed E-state index contributed by atoms with van der Waals surface area (Å²) in [4.78, 5) is 11.0. The van der Waals surface area contributed by atoms with E-state index < -0.39 is 12.4 Å². The lowest BCUT2D eigenvalue weighted by atomic mass is 10.0. The number of fused-ring (bicyclic) bond motifs is 5. The van der Waals surface area contributed by atoms with E-state index in [1.165, 1.54) is 12.3 Å². The summed E-state index contributed by atoms with van der Waals surface area (Å²) in [5.74, 6) is 0.760. The molecule has 0 fully saturated rings. The predicted octanol–water partition coefficient (Wildman–Crippen LogP) is 3.61. The summed E-state index contributed by atoms with van der Waals surface area (Å²) in [6, 6.07) is 16.0. The van der Waals surface area contributed by atoms with Gasteiger partial charge in [-0.3, -0.25) is 4.79 Å². The topological polar surface area (TPSA) is 44.8 Å². The standard InChI is InChI=1S/C17H12O4/c1-10(18)19-17-20-15-9-8-13-12-5-3-2-4-11(12)6-7-14(13)16(15)21-17/h2-9,17H,1H3. The minimum atomic E-state index is -1.01. The Morgan fingerprint density at radius 3 is 2.62 bits per heavy atom. The van der Waals surface area contributed by atoms with E-state index in [0.29, 0.717) is 11.5 Å². The molecule has 1 unspecified atom stereocenters. The molecule has 1 aliphatic rings. The van der Waals surface area contributed by atoms with Crippen LogP contribution in [0.5, 0.6) is 11.5 Å². The molecule has 4 nitrogen and oxygen atoms in total. The molecule has 0 aliphatic carbocycles. The van der Waals surface area contributed by atoms with Crippen molar-refractivity contribution in [3.63, 3.8) is 0 Å². The van der Waals surface area contributed by atoms with E-state index in [1.54, 1.807) is 0 Å². The largest absolute Gasteiger partial charge is 0.419 e. The Labute approximate surface area is 120 Å². The molecule has 4 heteroatoms. The maximum atomic E-state index is 11.0. The molecule has 3 aromatic rings. The van der Waals surface area contributed by atoms with Gasteiger partial charge in [0.2, 0.25) is 0 Å². The van der Waals surface area contributed by atoms with E-state index in [1.807, 2.05) is 36.4 Å². The minimum Gasteiger partial charge on any atom is -0.419 e. The van der Waals surface area contributed by atoms with Crippen LogP contribution in [0.4, 0.5) is 0 Å². The maximum absolute atomic E-state index is 11.0. The van der Waals surface area contributed by atoms with E-state index >= 15 is 0 Å². The first kappa shape index (κ1) is 12.0. The SMILES string of the molecule is CC(=O)OC1Oc2ccc3c(ccc4ccccc43)c2O1. The van der Waals surface area contributed by atoms with Crippen LogP contribution in [0.3, 0.4) is 0 Å². The lowest BCUT2D eigenvalue weighted by Gasteiger charge is -2.08. The molecule has 3 aromatic carbocycles. The molecule has 1 heterocycles. The number of carbonyl (C=O) groups is 1. The summed E-state index contributed by atoms with van der Waals surface area (Å²) in [5.41, 5.74) is 0. The lowest BCUT2D eigenvalue weighted by Crippen LogP contribution is -2.24. The summed E-state index contributed by atoms with van der Waals surface area (Å²) in [6.45, 7) is 0.316. The zero-order chi connectivity index (χ0) is 14.4. The summed E-state index contributed by atoms with van der Waals surface area (Å²) >= 11 is 0. The van der Waals surface area contributed by atoms with Crippen LogP contribution < -0.4 is 9.47 Å². The highest BCUT2D eigenvalue weighted by atomic mass is 16.9. The number of ether oxygens (including phenoxy) is 3. The third kappa shape index (κ3) is 1.88. The van der Waals surface area contributed by atoms with E-state index in [2.05, 4.69) is 12.1 Å². The van der Waals surface area contributed by atoms with Gasteiger partial charge in [-0.1, -0.05) is 30.3 Å². The highest BCUT2D eigenvalue weighted by Gasteiger charge is 2.28. The Balaban J connectivity index is 1.89. The van der Waals surface area contributed by atoms with E-state index in [9.17, 15) is 4.79 Å². The van der Waals surface area contributed by atoms with Gasteiger partial charge < -0.3 is 14.2 Å². The second-order valence-corrected chi connectivity index (χ2v) is 4.91. The Morgan fingerprint density at radius 1 is 0.952 bits per heavy atom. The second-order valence-electron chi connectivity index (χ2n) is 4.91. The fourth-order valence-corrected chi connectivity index (χ4v) is 2.66. The third-order valence-corrected chi connectivity index (χ3v) is 3.54. The highest BCUT2D eigenvalue weighted by molar-refractivity contribution is 6.10. The molecule has 0 aromatic heterocycles. The van der Waals surface area contributed by atoms with E-state index in [-0.39, 0.29) is 0 Å². The molecular formula is C17H12O4. The van der Waals surface area contributed by atoms with Crippen LogP contribution >= 0.6 is 0 Å². The first-order valence-corrected chi connectivity index (χ1v) is 6.67. The van der Waals surface area contributed by atoms with Gasteiger partial charge in [0.25, 0.3) is 0 Å². The molecule has 0 amide bonds. The van der Waals surface area contributed by atoms with Gasteiger partial charge in [-0.25, -0.2) is 0 Å². The Morgan fingerprint density at radius 2 is 1.76 bits per heavy atom. The number of hydrogen-bond donors (Lipinski definition) is 0. The average molecular weight is 280 g/mol. The van der Waals surface area contributed by atoms with Crippen LogP contribution in [0, 0.1) is 0 Å². The zero-order valence-corrected chi connectivity index (χ0v) is 11.3. The van der Waals surface area contributed by atoms with E-state index in [4.69, 9.17) is 14.2 Å². The van der Waals surface area contributed by atoms with Crippen molar-refractivity contribution in [2.75, 3.05) is 0 Å². The van der Waals surface area contributed by atoms with Crippen LogP contribution in [0.15, 0.2) is 48.5 Å². The number of benzene rings is 3. The van der Waals surface area contributed by atoms with E-state index in [0.717, 1.165) is 16.2 Å². The van der Waals surface area contributed by atoms with Crippen molar-refractivity contribution in [1.29, 1.82) is 0 Å². The average Bonchev–Trinajstić information content (AvgIpc) is 2.88. The molecule has 4 rings (SSSR count). The second kappa shape index (κ2) is 4.38. The smallest absolute Gasteiger partial charge is 0.408 e. The quantitative estimate of drug-likeness (QED) is 0.504. The summed E-state index contributed by atoms with van der Waals surface area (Å²) in [5, 5.41) is 4.34. The van der Waals surface area contributed by atoms with Crippen LogP contribution in [0.1, 0.15) is 6.92 Å². The van der Waals surface area contributed by atoms with Crippen LogP contribution in [-0.4, -0.2) is 12.4 Å². The normalized spacial score (nSPS) is 16.3. The Hall–Kier alpha value is -2.75. The summed E-state index contributed by atoms with van der Waals surface area (Å²) in [6.07, 6.45) is 0. The highest BCUT2D eigenvalue weighted by Crippen LogP contribution is 2.43. The third-order valence-electron chi connectivity index (χ3n) is 3.54. The van der Waals surface area contributed by atoms with Gasteiger partial charge in [0, 0.05) is 12.3 Å². The monoisotopic (exact) mass is 280 g/mol.